The highest BCUT2D eigenvalue weighted by atomic mass is 16.5. The molecule has 5 rings (SSSR count). The first-order chi connectivity index (χ1) is 10.1. The van der Waals surface area contributed by atoms with Gasteiger partial charge in [0.15, 0.2) is 0 Å². The van der Waals surface area contributed by atoms with E-state index in [0.717, 1.165) is 24.5 Å². The number of hydrogen-bond donors (Lipinski definition) is 1. The molecule has 0 radical (unpaired) electrons. The molecular weight excluding hydrogens is 260 g/mol. The van der Waals surface area contributed by atoms with E-state index in [0.29, 0.717) is 5.41 Å². The lowest BCUT2D eigenvalue weighted by Gasteiger charge is -2.33. The van der Waals surface area contributed by atoms with E-state index in [9.17, 15) is 5.11 Å². The van der Waals surface area contributed by atoms with Crippen LogP contribution in [0, 0.1) is 16.7 Å². The fourth-order valence-corrected chi connectivity index (χ4v) is 6.56. The molecule has 0 aromatic heterocycles. The second kappa shape index (κ2) is 3.38. The highest BCUT2D eigenvalue weighted by Crippen LogP contribution is 2.88. The molecule has 0 heterocycles. The monoisotopic (exact) mass is 282 g/mol. The van der Waals surface area contributed by atoms with Crippen molar-refractivity contribution in [3.63, 3.8) is 0 Å². The highest BCUT2D eigenvalue weighted by molar-refractivity contribution is 5.58. The van der Waals surface area contributed by atoms with Gasteiger partial charge < -0.3 is 9.84 Å². The summed E-state index contributed by atoms with van der Waals surface area (Å²) in [5.74, 6) is 1.71. The second-order valence-corrected chi connectivity index (χ2v) is 7.68. The molecule has 2 fully saturated rings. The van der Waals surface area contributed by atoms with Gasteiger partial charge in [0.1, 0.15) is 5.75 Å². The molecule has 4 aliphatic rings. The molecule has 110 valence electrons. The second-order valence-electron chi connectivity index (χ2n) is 7.68. The Morgan fingerprint density at radius 3 is 2.95 bits per heavy atom. The van der Waals surface area contributed by atoms with Crippen LogP contribution in [0.2, 0.25) is 0 Å². The van der Waals surface area contributed by atoms with Crippen molar-refractivity contribution in [1.29, 1.82) is 0 Å². The number of aliphatic hydroxyl groups excluding tert-OH is 1. The van der Waals surface area contributed by atoms with Crippen molar-refractivity contribution in [2.24, 2.45) is 16.7 Å². The van der Waals surface area contributed by atoms with E-state index in [-0.39, 0.29) is 16.9 Å². The Morgan fingerprint density at radius 2 is 2.14 bits per heavy atom. The summed E-state index contributed by atoms with van der Waals surface area (Å²) in [6.45, 7) is 2.31. The van der Waals surface area contributed by atoms with E-state index in [1.165, 1.54) is 18.4 Å². The van der Waals surface area contributed by atoms with Crippen LogP contribution in [-0.2, 0) is 11.8 Å². The van der Waals surface area contributed by atoms with Gasteiger partial charge in [-0.1, -0.05) is 25.1 Å². The zero-order chi connectivity index (χ0) is 14.5. The van der Waals surface area contributed by atoms with Crippen LogP contribution in [0.3, 0.4) is 0 Å². The van der Waals surface area contributed by atoms with E-state index >= 15 is 0 Å². The minimum atomic E-state index is -0.260. The van der Waals surface area contributed by atoms with E-state index < -0.39 is 0 Å². The number of aryl methyl sites for hydroxylation is 1. The van der Waals surface area contributed by atoms with Gasteiger partial charge in [0.25, 0.3) is 0 Å². The lowest BCUT2D eigenvalue weighted by Crippen LogP contribution is -2.33. The van der Waals surface area contributed by atoms with Gasteiger partial charge in [-0.3, -0.25) is 0 Å². The van der Waals surface area contributed by atoms with Crippen LogP contribution in [-0.4, -0.2) is 18.3 Å². The van der Waals surface area contributed by atoms with Crippen LogP contribution in [0.4, 0.5) is 0 Å². The third-order valence-electron chi connectivity index (χ3n) is 7.47. The number of fused-ring (bicyclic) bond motifs is 1. The minimum Gasteiger partial charge on any atom is -0.497 e. The fourth-order valence-electron chi connectivity index (χ4n) is 6.56. The highest BCUT2D eigenvalue weighted by Gasteiger charge is 2.86. The smallest absolute Gasteiger partial charge is 0.119 e. The van der Waals surface area contributed by atoms with Crippen molar-refractivity contribution < 1.29 is 9.84 Å². The molecule has 21 heavy (non-hydrogen) atoms. The maximum atomic E-state index is 10.5. The number of allylic oxidation sites excluding steroid dienone is 1. The normalized spacial score (nSPS) is 48.3. The van der Waals surface area contributed by atoms with Gasteiger partial charge in [-0.05, 0) is 54.9 Å². The maximum absolute atomic E-state index is 10.5. The Hall–Kier alpha value is -1.28. The van der Waals surface area contributed by atoms with Crippen molar-refractivity contribution in [2.45, 2.75) is 44.1 Å². The van der Waals surface area contributed by atoms with E-state index in [1.54, 1.807) is 12.7 Å². The molecule has 0 unspecified atom stereocenters. The average molecular weight is 282 g/mol. The van der Waals surface area contributed by atoms with Crippen molar-refractivity contribution in [3.8, 4) is 5.75 Å². The minimum absolute atomic E-state index is 0.0548. The van der Waals surface area contributed by atoms with Crippen molar-refractivity contribution in [2.75, 3.05) is 7.11 Å². The molecule has 2 nitrogen and oxygen atoms in total. The van der Waals surface area contributed by atoms with Gasteiger partial charge >= 0.3 is 0 Å². The number of hydrogen-bond acceptors (Lipinski definition) is 2. The summed E-state index contributed by atoms with van der Waals surface area (Å²) in [6, 6.07) is 6.66. The lowest BCUT2D eigenvalue weighted by molar-refractivity contribution is 0.0473. The predicted octanol–water partition coefficient (Wildman–Crippen LogP) is 3.23. The fraction of sp³-hybridized carbons (Fsp3) is 0.579. The van der Waals surface area contributed by atoms with E-state index in [1.807, 2.05) is 0 Å². The molecule has 1 aromatic carbocycles. The molecule has 0 aliphatic heterocycles. The SMILES string of the molecule is COc1ccc2c(c1)CC[C@H]1[C@@]34C=C[C@@H](O)[C@@]3(C)CC[C@]214. The first-order valence-corrected chi connectivity index (χ1v) is 8.15. The standard InChI is InChI=1S/C19H22O2/c1-17-9-10-18-14-5-4-13(21-2)11-12(14)3-6-15(18)19(17,18)8-7-16(17)20/h4-5,7-8,11,15-16,20H,3,6,9-10H2,1-2H3/t15-,16-,17-,18+,19+/m1/s1. The summed E-state index contributed by atoms with van der Waals surface area (Å²) in [5.41, 5.74) is 3.59. The van der Waals surface area contributed by atoms with Crippen LogP contribution >= 0.6 is 0 Å². The van der Waals surface area contributed by atoms with Crippen LogP contribution in [0.1, 0.15) is 37.3 Å². The van der Waals surface area contributed by atoms with Crippen molar-refractivity contribution in [3.05, 3.63) is 41.5 Å². The molecule has 0 saturated heterocycles. The van der Waals surface area contributed by atoms with Gasteiger partial charge in [0.05, 0.1) is 13.2 Å². The van der Waals surface area contributed by atoms with Crippen LogP contribution < -0.4 is 4.74 Å². The molecular formula is C19H22O2. The van der Waals surface area contributed by atoms with E-state index in [4.69, 9.17) is 4.74 Å². The molecule has 5 atom stereocenters. The summed E-state index contributed by atoms with van der Waals surface area (Å²) < 4.78 is 5.41. The zero-order valence-corrected chi connectivity index (χ0v) is 12.7. The van der Waals surface area contributed by atoms with Gasteiger partial charge in [-0.2, -0.15) is 0 Å². The molecule has 0 amide bonds. The third kappa shape index (κ3) is 1.02. The Balaban J connectivity index is 1.71. The maximum Gasteiger partial charge on any atom is 0.119 e. The molecule has 0 bridgehead atoms. The molecule has 1 aromatic rings. The molecule has 4 aliphatic carbocycles. The lowest BCUT2D eigenvalue weighted by atomic mass is 9.73. The quantitative estimate of drug-likeness (QED) is 0.801. The predicted molar refractivity (Wildman–Crippen MR) is 81.4 cm³/mol. The van der Waals surface area contributed by atoms with Gasteiger partial charge in [0.2, 0.25) is 0 Å². The molecule has 2 heteroatoms. The van der Waals surface area contributed by atoms with E-state index in [2.05, 4.69) is 37.3 Å². The van der Waals surface area contributed by atoms with Gasteiger partial charge in [-0.15, -0.1) is 0 Å². The molecule has 1 N–H and O–H groups in total. The van der Waals surface area contributed by atoms with Crippen LogP contribution in [0.5, 0.6) is 5.75 Å². The summed E-state index contributed by atoms with van der Waals surface area (Å²) >= 11 is 0. The molecule has 2 spiro atoms. The van der Waals surface area contributed by atoms with Crippen molar-refractivity contribution >= 4 is 0 Å². The van der Waals surface area contributed by atoms with Gasteiger partial charge in [0, 0.05) is 16.2 Å². The summed E-state index contributed by atoms with van der Waals surface area (Å²) in [7, 11) is 1.74. The Bertz CT molecular complexity index is 678. The Labute approximate surface area is 125 Å². The summed E-state index contributed by atoms with van der Waals surface area (Å²) in [5, 5.41) is 10.5. The third-order valence-corrected chi connectivity index (χ3v) is 7.47. The average Bonchev–Trinajstić information content (AvgIpc) is 2.90. The van der Waals surface area contributed by atoms with Crippen molar-refractivity contribution in [1.82, 2.24) is 0 Å². The van der Waals surface area contributed by atoms with Gasteiger partial charge in [-0.25, -0.2) is 0 Å². The number of methoxy groups -OCH3 is 1. The Morgan fingerprint density at radius 1 is 1.29 bits per heavy atom. The zero-order valence-electron chi connectivity index (χ0n) is 12.7. The number of benzene rings is 1. The number of ether oxygens (including phenoxy) is 1. The number of rotatable bonds is 1. The number of aliphatic hydroxyl groups is 1. The summed E-state index contributed by atoms with van der Waals surface area (Å²) in [6.07, 6.45) is 8.98. The first kappa shape index (κ1) is 12.3. The topological polar surface area (TPSA) is 29.5 Å². The summed E-state index contributed by atoms with van der Waals surface area (Å²) in [4.78, 5) is 0. The largest absolute Gasteiger partial charge is 0.497 e. The first-order valence-electron chi connectivity index (χ1n) is 8.15. The molecule has 2 saturated carbocycles. The Kier molecular flexibility index (Phi) is 1.98. The van der Waals surface area contributed by atoms with Crippen LogP contribution in [0.15, 0.2) is 30.4 Å². The van der Waals surface area contributed by atoms with Crippen LogP contribution in [0.25, 0.3) is 0 Å².